The first-order chi connectivity index (χ1) is 11.1. The van der Waals surface area contributed by atoms with Crippen molar-refractivity contribution in [3.8, 4) is 5.75 Å². The highest BCUT2D eigenvalue weighted by molar-refractivity contribution is 7.98. The molecule has 0 heterocycles. The van der Waals surface area contributed by atoms with Gasteiger partial charge < -0.3 is 10.1 Å². The van der Waals surface area contributed by atoms with Crippen LogP contribution in [0.1, 0.15) is 5.56 Å². The minimum absolute atomic E-state index is 0.0577. The Morgan fingerprint density at radius 3 is 2.52 bits per heavy atom. The Labute approximate surface area is 141 Å². The Bertz CT molecular complexity index is 644. The van der Waals surface area contributed by atoms with Crippen LogP contribution in [0.4, 0.5) is 5.69 Å². The van der Waals surface area contributed by atoms with Gasteiger partial charge in [0.2, 0.25) is 5.91 Å². The number of carbonyl (C=O) groups is 1. The molecule has 0 saturated carbocycles. The molecule has 0 saturated heterocycles. The summed E-state index contributed by atoms with van der Waals surface area (Å²) in [6.07, 6.45) is 2.06. The van der Waals surface area contributed by atoms with Gasteiger partial charge in [-0.1, -0.05) is 24.3 Å². The zero-order valence-corrected chi connectivity index (χ0v) is 14.5. The molecule has 1 amide bonds. The van der Waals surface area contributed by atoms with Crippen LogP contribution in [0, 0.1) is 0 Å². The van der Waals surface area contributed by atoms with Crippen molar-refractivity contribution in [2.45, 2.75) is 11.4 Å². The smallest absolute Gasteiger partial charge is 0.238 e. The van der Waals surface area contributed by atoms with Crippen molar-refractivity contribution >= 4 is 23.4 Å². The fourth-order valence-corrected chi connectivity index (χ4v) is 2.69. The zero-order chi connectivity index (χ0) is 16.7. The number of nitrogens with zero attached hydrogens (tertiary/aromatic N) is 1. The van der Waals surface area contributed by atoms with Crippen LogP contribution < -0.4 is 10.1 Å². The lowest BCUT2D eigenvalue weighted by Crippen LogP contribution is -2.29. The molecular weight excluding hydrogens is 308 g/mol. The molecule has 0 spiro atoms. The Balaban J connectivity index is 1.88. The summed E-state index contributed by atoms with van der Waals surface area (Å²) in [6, 6.07) is 15.8. The number of methoxy groups -OCH3 is 1. The van der Waals surface area contributed by atoms with Crippen molar-refractivity contribution in [3.05, 3.63) is 54.1 Å². The molecule has 0 unspecified atom stereocenters. The average Bonchev–Trinajstić information content (AvgIpc) is 2.55. The molecule has 0 aliphatic heterocycles. The van der Waals surface area contributed by atoms with Crippen LogP contribution in [0.2, 0.25) is 0 Å². The summed E-state index contributed by atoms with van der Waals surface area (Å²) in [5, 5.41) is 2.89. The normalized spacial score (nSPS) is 10.6. The number of ether oxygens (including phenoxy) is 1. The maximum atomic E-state index is 12.2. The number of rotatable bonds is 7. The second-order valence-corrected chi connectivity index (χ2v) is 6.15. The summed E-state index contributed by atoms with van der Waals surface area (Å²) < 4.78 is 5.24. The molecule has 23 heavy (non-hydrogen) atoms. The number of nitrogens with one attached hydrogen (secondary N) is 1. The second-order valence-electron chi connectivity index (χ2n) is 5.27. The average molecular weight is 330 g/mol. The van der Waals surface area contributed by atoms with Crippen molar-refractivity contribution in [1.82, 2.24) is 4.90 Å². The van der Waals surface area contributed by atoms with Crippen LogP contribution in [0.5, 0.6) is 5.75 Å². The second kappa shape index (κ2) is 8.60. The quantitative estimate of drug-likeness (QED) is 0.789. The molecule has 2 aromatic carbocycles. The fraction of sp³-hybridized carbons (Fsp3) is 0.278. The van der Waals surface area contributed by atoms with Crippen LogP contribution >= 0.6 is 11.8 Å². The molecule has 0 fully saturated rings. The van der Waals surface area contributed by atoms with Gasteiger partial charge >= 0.3 is 0 Å². The van der Waals surface area contributed by atoms with E-state index >= 15 is 0 Å². The topological polar surface area (TPSA) is 41.6 Å². The first-order valence-corrected chi connectivity index (χ1v) is 8.59. The molecule has 4 nitrogen and oxygen atoms in total. The van der Waals surface area contributed by atoms with Gasteiger partial charge in [-0.05, 0) is 43.1 Å². The van der Waals surface area contributed by atoms with Gasteiger partial charge in [0, 0.05) is 11.4 Å². The number of hydrogen-bond acceptors (Lipinski definition) is 4. The van der Waals surface area contributed by atoms with Crippen LogP contribution in [0.25, 0.3) is 0 Å². The molecule has 0 bridgehead atoms. The van der Waals surface area contributed by atoms with E-state index in [1.54, 1.807) is 18.9 Å². The van der Waals surface area contributed by atoms with Crippen LogP contribution in [-0.2, 0) is 11.3 Å². The summed E-state index contributed by atoms with van der Waals surface area (Å²) in [5.74, 6) is 0.605. The molecule has 5 heteroatoms. The summed E-state index contributed by atoms with van der Waals surface area (Å²) in [5.41, 5.74) is 1.88. The molecule has 2 rings (SSSR count). The van der Waals surface area contributed by atoms with Crippen molar-refractivity contribution in [1.29, 1.82) is 0 Å². The number of likely N-dealkylation sites (N-methyl/N-ethyl adjacent to an activating group) is 1. The van der Waals surface area contributed by atoms with Crippen LogP contribution in [-0.4, -0.2) is 37.8 Å². The van der Waals surface area contributed by atoms with Gasteiger partial charge in [-0.15, -0.1) is 11.8 Å². The zero-order valence-electron chi connectivity index (χ0n) is 13.7. The van der Waals surface area contributed by atoms with E-state index in [1.165, 1.54) is 10.5 Å². The number of para-hydroxylation sites is 2. The maximum absolute atomic E-state index is 12.2. The lowest BCUT2D eigenvalue weighted by Gasteiger charge is -2.17. The molecule has 0 aliphatic carbocycles. The Morgan fingerprint density at radius 2 is 1.87 bits per heavy atom. The molecule has 2 aromatic rings. The van der Waals surface area contributed by atoms with Crippen LogP contribution in [0.3, 0.4) is 0 Å². The fourth-order valence-electron chi connectivity index (χ4n) is 2.28. The van der Waals surface area contributed by atoms with Gasteiger partial charge in [-0.2, -0.15) is 0 Å². The Hall–Kier alpha value is -1.98. The summed E-state index contributed by atoms with van der Waals surface area (Å²) >= 11 is 1.72. The van der Waals surface area contributed by atoms with Crippen LogP contribution in [0.15, 0.2) is 53.4 Å². The highest BCUT2D eigenvalue weighted by atomic mass is 32.2. The number of thioether (sulfide) groups is 1. The van der Waals surface area contributed by atoms with E-state index in [0.717, 1.165) is 6.54 Å². The summed E-state index contributed by atoms with van der Waals surface area (Å²) in [7, 11) is 3.53. The first-order valence-electron chi connectivity index (χ1n) is 7.36. The molecule has 0 aliphatic rings. The van der Waals surface area contributed by atoms with E-state index in [2.05, 4.69) is 35.8 Å². The summed E-state index contributed by atoms with van der Waals surface area (Å²) in [4.78, 5) is 15.4. The van der Waals surface area contributed by atoms with Gasteiger partial charge in [-0.25, -0.2) is 0 Å². The molecule has 0 aromatic heterocycles. The van der Waals surface area contributed by atoms with Crippen molar-refractivity contribution in [3.63, 3.8) is 0 Å². The van der Waals surface area contributed by atoms with Gasteiger partial charge in [0.05, 0.1) is 19.3 Å². The highest BCUT2D eigenvalue weighted by Gasteiger charge is 2.10. The number of amides is 1. The van der Waals surface area contributed by atoms with Gasteiger partial charge in [-0.3, -0.25) is 9.69 Å². The minimum Gasteiger partial charge on any atom is -0.495 e. The molecular formula is C18H22N2O2S. The predicted octanol–water partition coefficient (Wildman–Crippen LogP) is 3.49. The van der Waals surface area contributed by atoms with Gasteiger partial charge in [0.25, 0.3) is 0 Å². The number of carbonyl (C=O) groups excluding carboxylic acids is 1. The highest BCUT2D eigenvalue weighted by Crippen LogP contribution is 2.22. The van der Waals surface area contributed by atoms with E-state index in [0.29, 0.717) is 18.0 Å². The third-order valence-electron chi connectivity index (χ3n) is 3.41. The predicted molar refractivity (Wildman–Crippen MR) is 96.2 cm³/mol. The van der Waals surface area contributed by atoms with Crippen molar-refractivity contribution in [2.75, 3.05) is 32.3 Å². The molecule has 122 valence electrons. The lowest BCUT2D eigenvalue weighted by molar-refractivity contribution is -0.117. The molecule has 0 atom stereocenters. The third-order valence-corrected chi connectivity index (χ3v) is 4.15. The first kappa shape index (κ1) is 17.4. The SMILES string of the molecule is COc1ccccc1NC(=O)CN(C)Cc1ccc(SC)cc1. The third kappa shape index (κ3) is 5.30. The molecule has 0 radical (unpaired) electrons. The Kier molecular flexibility index (Phi) is 6.50. The van der Waals surface area contributed by atoms with E-state index in [4.69, 9.17) is 4.74 Å². The summed E-state index contributed by atoms with van der Waals surface area (Å²) in [6.45, 7) is 1.05. The van der Waals surface area contributed by atoms with Crippen molar-refractivity contribution < 1.29 is 9.53 Å². The monoisotopic (exact) mass is 330 g/mol. The van der Waals surface area contributed by atoms with Crippen molar-refractivity contribution in [2.24, 2.45) is 0 Å². The number of anilines is 1. The van der Waals surface area contributed by atoms with E-state index in [-0.39, 0.29) is 5.91 Å². The van der Waals surface area contributed by atoms with E-state index < -0.39 is 0 Å². The van der Waals surface area contributed by atoms with Gasteiger partial charge in [0.15, 0.2) is 0 Å². The maximum Gasteiger partial charge on any atom is 0.238 e. The molecule has 1 N–H and O–H groups in total. The number of hydrogen-bond donors (Lipinski definition) is 1. The van der Waals surface area contributed by atoms with E-state index in [9.17, 15) is 4.79 Å². The number of benzene rings is 2. The largest absolute Gasteiger partial charge is 0.495 e. The Morgan fingerprint density at radius 1 is 1.17 bits per heavy atom. The standard InChI is InChI=1S/C18H22N2O2S/c1-20(12-14-8-10-15(23-3)11-9-14)13-18(21)19-16-6-4-5-7-17(16)22-2/h4-11H,12-13H2,1-3H3,(H,19,21). The van der Waals surface area contributed by atoms with Gasteiger partial charge in [0.1, 0.15) is 5.75 Å². The lowest BCUT2D eigenvalue weighted by atomic mass is 10.2. The van der Waals surface area contributed by atoms with E-state index in [1.807, 2.05) is 36.2 Å². The minimum atomic E-state index is -0.0577.